The summed E-state index contributed by atoms with van der Waals surface area (Å²) in [5.74, 6) is -2.48. The number of rotatable bonds is 5. The topological polar surface area (TPSA) is 108 Å². The molecule has 7 nitrogen and oxygen atoms in total. The van der Waals surface area contributed by atoms with E-state index in [-0.39, 0.29) is 10.7 Å². The van der Waals surface area contributed by atoms with Crippen LogP contribution < -0.4 is 16.0 Å². The smallest absolute Gasteiger partial charge is 0.322 e. The molecule has 0 atom stereocenters. The Labute approximate surface area is 118 Å². The molecule has 0 unspecified atom stereocenters. The highest BCUT2D eigenvalue weighted by atomic mass is 35.5. The predicted molar refractivity (Wildman–Crippen MR) is 69.1 cm³/mol. The number of benzene rings is 1. The number of carboxylic acids is 1. The number of aliphatic carboxylic acids is 1. The first-order chi connectivity index (χ1) is 9.36. The van der Waals surface area contributed by atoms with Gasteiger partial charge in [-0.25, -0.2) is 9.18 Å². The summed E-state index contributed by atoms with van der Waals surface area (Å²) in [6.07, 6.45) is 0. The fraction of sp³-hybridized carbons (Fsp3) is 0.182. The zero-order chi connectivity index (χ0) is 15.1. The summed E-state index contributed by atoms with van der Waals surface area (Å²) in [5, 5.41) is 14.9. The average molecular weight is 304 g/mol. The molecule has 0 fully saturated rings. The first-order valence-electron chi connectivity index (χ1n) is 5.36. The molecule has 0 saturated carbocycles. The third-order valence-corrected chi connectivity index (χ3v) is 2.18. The molecule has 0 bridgehead atoms. The molecule has 9 heteroatoms. The van der Waals surface area contributed by atoms with Crippen LogP contribution in [-0.2, 0) is 9.59 Å². The first kappa shape index (κ1) is 15.7. The lowest BCUT2D eigenvalue weighted by atomic mass is 10.3. The maximum Gasteiger partial charge on any atom is 0.322 e. The second kappa shape index (κ2) is 7.29. The van der Waals surface area contributed by atoms with Gasteiger partial charge in [0.05, 0.1) is 6.54 Å². The summed E-state index contributed by atoms with van der Waals surface area (Å²) < 4.78 is 13.0. The third-order valence-electron chi connectivity index (χ3n) is 1.97. The molecule has 3 amide bonds. The van der Waals surface area contributed by atoms with Gasteiger partial charge in [-0.1, -0.05) is 11.6 Å². The largest absolute Gasteiger partial charge is 0.480 e. The highest BCUT2D eigenvalue weighted by molar-refractivity contribution is 6.30. The van der Waals surface area contributed by atoms with E-state index in [0.29, 0.717) is 0 Å². The number of carbonyl (C=O) groups excluding carboxylic acids is 2. The fourth-order valence-corrected chi connectivity index (χ4v) is 1.42. The molecule has 0 aliphatic rings. The lowest BCUT2D eigenvalue weighted by molar-refractivity contribution is -0.137. The van der Waals surface area contributed by atoms with Crippen molar-refractivity contribution in [1.29, 1.82) is 0 Å². The van der Waals surface area contributed by atoms with Crippen molar-refractivity contribution in [3.63, 3.8) is 0 Å². The highest BCUT2D eigenvalue weighted by Gasteiger charge is 2.07. The molecule has 0 aliphatic heterocycles. The number of carboxylic acid groups (broad SMARTS) is 1. The van der Waals surface area contributed by atoms with Crippen molar-refractivity contribution in [2.24, 2.45) is 0 Å². The van der Waals surface area contributed by atoms with Gasteiger partial charge in [0.25, 0.3) is 0 Å². The number of carbonyl (C=O) groups is 3. The molecule has 1 rings (SSSR count). The molecule has 4 N–H and O–H groups in total. The minimum Gasteiger partial charge on any atom is -0.480 e. The molecule has 1 aromatic carbocycles. The Bertz CT molecular complexity index is 518. The van der Waals surface area contributed by atoms with E-state index in [9.17, 15) is 18.8 Å². The summed E-state index contributed by atoms with van der Waals surface area (Å²) in [4.78, 5) is 32.7. The van der Waals surface area contributed by atoms with Gasteiger partial charge >= 0.3 is 12.0 Å². The maximum atomic E-state index is 13.0. The van der Waals surface area contributed by atoms with Crippen LogP contribution in [0, 0.1) is 5.82 Å². The third kappa shape index (κ3) is 6.01. The molecule has 20 heavy (non-hydrogen) atoms. The van der Waals surface area contributed by atoms with Crippen LogP contribution in [0.15, 0.2) is 18.2 Å². The SMILES string of the molecule is O=C(O)CNC(=O)CNC(=O)Nc1cc(F)cc(Cl)c1. The summed E-state index contributed by atoms with van der Waals surface area (Å²) >= 11 is 5.60. The van der Waals surface area contributed by atoms with Crippen LogP contribution in [0.1, 0.15) is 0 Å². The van der Waals surface area contributed by atoms with Crippen LogP contribution in [0.25, 0.3) is 0 Å². The number of amides is 3. The average Bonchev–Trinajstić information content (AvgIpc) is 2.32. The molecule has 1 aromatic rings. The quantitative estimate of drug-likeness (QED) is 0.645. The summed E-state index contributed by atoms with van der Waals surface area (Å²) in [6, 6.07) is 2.70. The molecule has 0 radical (unpaired) electrons. The highest BCUT2D eigenvalue weighted by Crippen LogP contribution is 2.17. The number of hydrogen-bond donors (Lipinski definition) is 4. The summed E-state index contributed by atoms with van der Waals surface area (Å²) in [6.45, 7) is -0.955. The van der Waals surface area contributed by atoms with Crippen LogP contribution in [0.2, 0.25) is 5.02 Å². The van der Waals surface area contributed by atoms with Crippen molar-refractivity contribution in [2.45, 2.75) is 0 Å². The molecule has 0 spiro atoms. The van der Waals surface area contributed by atoms with Crippen molar-refractivity contribution >= 4 is 35.2 Å². The van der Waals surface area contributed by atoms with Gasteiger partial charge in [0.15, 0.2) is 0 Å². The van der Waals surface area contributed by atoms with Crippen molar-refractivity contribution in [2.75, 3.05) is 18.4 Å². The molecule has 0 aliphatic carbocycles. The lowest BCUT2D eigenvalue weighted by Gasteiger charge is -2.08. The van der Waals surface area contributed by atoms with Gasteiger partial charge in [-0.3, -0.25) is 9.59 Å². The zero-order valence-electron chi connectivity index (χ0n) is 10.1. The van der Waals surface area contributed by atoms with Gasteiger partial charge in [0, 0.05) is 10.7 Å². The minimum atomic E-state index is -1.20. The van der Waals surface area contributed by atoms with Crippen LogP contribution >= 0.6 is 11.6 Å². The number of hydrogen-bond acceptors (Lipinski definition) is 3. The molecule has 0 aromatic heterocycles. The Kier molecular flexibility index (Phi) is 5.73. The second-order valence-electron chi connectivity index (χ2n) is 3.64. The fourth-order valence-electron chi connectivity index (χ4n) is 1.20. The van der Waals surface area contributed by atoms with E-state index in [1.165, 1.54) is 6.07 Å². The van der Waals surface area contributed by atoms with E-state index in [1.54, 1.807) is 0 Å². The van der Waals surface area contributed by atoms with Crippen molar-refractivity contribution in [3.05, 3.63) is 29.0 Å². The normalized spacial score (nSPS) is 9.70. The molecular formula is C11H11ClFN3O4. The van der Waals surface area contributed by atoms with E-state index in [4.69, 9.17) is 16.7 Å². The van der Waals surface area contributed by atoms with Crippen molar-refractivity contribution in [1.82, 2.24) is 10.6 Å². The Morgan fingerprint density at radius 3 is 2.45 bits per heavy atom. The Balaban J connectivity index is 2.40. The van der Waals surface area contributed by atoms with Gasteiger partial charge in [-0.2, -0.15) is 0 Å². The van der Waals surface area contributed by atoms with Gasteiger partial charge in [0.2, 0.25) is 5.91 Å². The monoisotopic (exact) mass is 303 g/mol. The number of anilines is 1. The number of urea groups is 1. The predicted octanol–water partition coefficient (Wildman–Crippen LogP) is 0.801. The standard InChI is InChI=1S/C11H11ClFN3O4/c12-6-1-7(13)3-8(2-6)16-11(20)15-4-9(17)14-5-10(18)19/h1-3H,4-5H2,(H,14,17)(H,18,19)(H2,15,16,20). The van der Waals surface area contributed by atoms with E-state index in [0.717, 1.165) is 12.1 Å². The Morgan fingerprint density at radius 2 is 1.85 bits per heavy atom. The maximum absolute atomic E-state index is 13.0. The lowest BCUT2D eigenvalue weighted by Crippen LogP contribution is -2.40. The van der Waals surface area contributed by atoms with E-state index in [1.807, 2.05) is 0 Å². The van der Waals surface area contributed by atoms with E-state index in [2.05, 4.69) is 16.0 Å². The molecule has 0 saturated heterocycles. The van der Waals surface area contributed by atoms with Gasteiger partial charge in [-0.05, 0) is 18.2 Å². The van der Waals surface area contributed by atoms with Crippen LogP contribution in [0.4, 0.5) is 14.9 Å². The molecule has 108 valence electrons. The van der Waals surface area contributed by atoms with Gasteiger partial charge < -0.3 is 21.1 Å². The molecule has 0 heterocycles. The summed E-state index contributed by atoms with van der Waals surface area (Å²) in [7, 11) is 0. The van der Waals surface area contributed by atoms with E-state index < -0.39 is 36.8 Å². The summed E-state index contributed by atoms with van der Waals surface area (Å²) in [5.41, 5.74) is 0.124. The van der Waals surface area contributed by atoms with Gasteiger partial charge in [0.1, 0.15) is 12.4 Å². The Morgan fingerprint density at radius 1 is 1.15 bits per heavy atom. The van der Waals surface area contributed by atoms with Crippen LogP contribution in [-0.4, -0.2) is 36.1 Å². The number of halogens is 2. The first-order valence-corrected chi connectivity index (χ1v) is 5.74. The number of nitrogens with one attached hydrogen (secondary N) is 3. The second-order valence-corrected chi connectivity index (χ2v) is 4.07. The zero-order valence-corrected chi connectivity index (χ0v) is 10.8. The van der Waals surface area contributed by atoms with Crippen LogP contribution in [0.3, 0.4) is 0 Å². The van der Waals surface area contributed by atoms with E-state index >= 15 is 0 Å². The minimum absolute atomic E-state index is 0.111. The van der Waals surface area contributed by atoms with Crippen molar-refractivity contribution in [3.8, 4) is 0 Å². The Hall–Kier alpha value is -2.35. The van der Waals surface area contributed by atoms with Crippen LogP contribution in [0.5, 0.6) is 0 Å². The van der Waals surface area contributed by atoms with Crippen molar-refractivity contribution < 1.29 is 23.9 Å². The molecular weight excluding hydrogens is 293 g/mol. The van der Waals surface area contributed by atoms with Gasteiger partial charge in [-0.15, -0.1) is 0 Å².